The molecule has 0 spiro atoms. The molecule has 0 atom stereocenters. The van der Waals surface area contributed by atoms with Gasteiger partial charge in [-0.15, -0.1) is 11.8 Å². The van der Waals surface area contributed by atoms with E-state index < -0.39 is 0 Å². The van der Waals surface area contributed by atoms with E-state index in [0.717, 1.165) is 15.9 Å². The molecule has 0 aliphatic heterocycles. The van der Waals surface area contributed by atoms with Gasteiger partial charge in [0.1, 0.15) is 0 Å². The normalized spacial score (nSPS) is 10.6. The summed E-state index contributed by atoms with van der Waals surface area (Å²) < 4.78 is 0. The molecule has 0 bridgehead atoms. The second-order valence-corrected chi connectivity index (χ2v) is 5.40. The Morgan fingerprint density at radius 2 is 2.06 bits per heavy atom. The fourth-order valence-electron chi connectivity index (χ4n) is 1.55. The van der Waals surface area contributed by atoms with Crippen LogP contribution in [0.25, 0.3) is 10.9 Å². The van der Waals surface area contributed by atoms with Gasteiger partial charge in [0.05, 0.1) is 22.2 Å². The van der Waals surface area contributed by atoms with Crippen LogP contribution in [-0.4, -0.2) is 10.2 Å². The van der Waals surface area contributed by atoms with E-state index in [2.05, 4.69) is 24.9 Å². The smallest absolute Gasteiger partial charge is 0.0999 e. The lowest BCUT2D eigenvalue weighted by Crippen LogP contribution is -1.91. The number of hydrogen-bond donors (Lipinski definition) is 0. The van der Waals surface area contributed by atoms with Gasteiger partial charge in [0.25, 0.3) is 0 Å². The molecule has 0 radical (unpaired) electrons. The summed E-state index contributed by atoms with van der Waals surface area (Å²) in [4.78, 5) is 4.54. The molecule has 80 valence electrons. The Morgan fingerprint density at radius 3 is 2.75 bits per heavy atom. The van der Waals surface area contributed by atoms with Crippen LogP contribution in [-0.2, 0) is 0 Å². The van der Waals surface area contributed by atoms with Gasteiger partial charge in [-0.25, -0.2) is 4.98 Å². The van der Waals surface area contributed by atoms with Crippen LogP contribution in [0.15, 0.2) is 35.4 Å². The van der Waals surface area contributed by atoms with Crippen LogP contribution in [0.4, 0.5) is 0 Å². The maximum Gasteiger partial charge on any atom is 0.0999 e. The summed E-state index contributed by atoms with van der Waals surface area (Å²) in [6.45, 7) is 4.24. The number of para-hydroxylation sites is 1. The number of thioether (sulfide) groups is 1. The Bertz CT molecular complexity index is 555. The van der Waals surface area contributed by atoms with Crippen LogP contribution in [0.1, 0.15) is 19.4 Å². The zero-order chi connectivity index (χ0) is 11.5. The summed E-state index contributed by atoms with van der Waals surface area (Å²) in [7, 11) is 0. The molecule has 2 aromatic rings. The standard InChI is InChI=1S/C13H12N2S/c1-9(2)16-13-7-10(8-14)11-5-3-4-6-12(11)15-13/h3-7,9H,1-2H3. The lowest BCUT2D eigenvalue weighted by Gasteiger charge is -2.06. The number of nitriles is 1. The molecule has 16 heavy (non-hydrogen) atoms. The highest BCUT2D eigenvalue weighted by atomic mass is 32.2. The van der Waals surface area contributed by atoms with Crippen LogP contribution in [0.2, 0.25) is 0 Å². The van der Waals surface area contributed by atoms with Gasteiger partial charge in [-0.3, -0.25) is 0 Å². The Morgan fingerprint density at radius 1 is 1.31 bits per heavy atom. The first-order chi connectivity index (χ1) is 7.70. The predicted octanol–water partition coefficient (Wildman–Crippen LogP) is 3.61. The predicted molar refractivity (Wildman–Crippen MR) is 67.5 cm³/mol. The molecule has 0 saturated carbocycles. The Hall–Kier alpha value is -1.53. The fraction of sp³-hybridized carbons (Fsp3) is 0.231. The van der Waals surface area contributed by atoms with Crippen LogP contribution in [0.5, 0.6) is 0 Å². The number of nitrogens with zero attached hydrogens (tertiary/aromatic N) is 2. The number of fused-ring (bicyclic) bond motifs is 1. The maximum absolute atomic E-state index is 9.11. The van der Waals surface area contributed by atoms with Crippen LogP contribution in [0.3, 0.4) is 0 Å². The number of hydrogen-bond acceptors (Lipinski definition) is 3. The highest BCUT2D eigenvalue weighted by molar-refractivity contribution is 7.99. The first-order valence-corrected chi connectivity index (χ1v) is 6.05. The van der Waals surface area contributed by atoms with Crippen molar-refractivity contribution in [1.29, 1.82) is 5.26 Å². The van der Waals surface area contributed by atoms with Crippen molar-refractivity contribution >= 4 is 22.7 Å². The van der Waals surface area contributed by atoms with E-state index in [4.69, 9.17) is 5.26 Å². The third kappa shape index (κ3) is 2.17. The summed E-state index contributed by atoms with van der Waals surface area (Å²) in [5.41, 5.74) is 1.60. The van der Waals surface area contributed by atoms with Crippen molar-refractivity contribution in [3.05, 3.63) is 35.9 Å². The number of benzene rings is 1. The first kappa shape index (κ1) is 11.0. The van der Waals surface area contributed by atoms with Crippen molar-refractivity contribution in [3.8, 4) is 6.07 Å². The lowest BCUT2D eigenvalue weighted by molar-refractivity contribution is 1.09. The first-order valence-electron chi connectivity index (χ1n) is 5.17. The van der Waals surface area contributed by atoms with Gasteiger partial charge < -0.3 is 0 Å². The highest BCUT2D eigenvalue weighted by Crippen LogP contribution is 2.26. The molecular formula is C13H12N2S. The molecule has 0 saturated heterocycles. The van der Waals surface area contributed by atoms with Crippen molar-refractivity contribution in [2.75, 3.05) is 0 Å². The van der Waals surface area contributed by atoms with E-state index in [-0.39, 0.29) is 0 Å². The average Bonchev–Trinajstić information content (AvgIpc) is 2.27. The van der Waals surface area contributed by atoms with Crippen LogP contribution >= 0.6 is 11.8 Å². The van der Waals surface area contributed by atoms with Crippen molar-refractivity contribution in [2.24, 2.45) is 0 Å². The van der Waals surface area contributed by atoms with Crippen molar-refractivity contribution in [2.45, 2.75) is 24.1 Å². The molecule has 0 N–H and O–H groups in total. The van der Waals surface area contributed by atoms with Gasteiger partial charge in [0.15, 0.2) is 0 Å². The second kappa shape index (κ2) is 4.54. The zero-order valence-corrected chi connectivity index (χ0v) is 10.1. The number of aromatic nitrogens is 1. The van der Waals surface area contributed by atoms with E-state index >= 15 is 0 Å². The monoisotopic (exact) mass is 228 g/mol. The molecule has 0 amide bonds. The number of rotatable bonds is 2. The Labute approximate surface area is 99.3 Å². The SMILES string of the molecule is CC(C)Sc1cc(C#N)c2ccccc2n1. The van der Waals surface area contributed by atoms with Crippen LogP contribution in [0, 0.1) is 11.3 Å². The molecule has 2 rings (SSSR count). The van der Waals surface area contributed by atoms with E-state index in [1.807, 2.05) is 30.3 Å². The van der Waals surface area contributed by atoms with Gasteiger partial charge in [-0.1, -0.05) is 32.0 Å². The molecule has 3 heteroatoms. The van der Waals surface area contributed by atoms with E-state index in [0.29, 0.717) is 10.8 Å². The zero-order valence-electron chi connectivity index (χ0n) is 9.27. The minimum absolute atomic E-state index is 0.472. The third-order valence-electron chi connectivity index (χ3n) is 2.17. The number of pyridine rings is 1. The average molecular weight is 228 g/mol. The van der Waals surface area contributed by atoms with Crippen molar-refractivity contribution in [1.82, 2.24) is 4.98 Å². The van der Waals surface area contributed by atoms with Gasteiger partial charge in [0, 0.05) is 10.6 Å². The minimum Gasteiger partial charge on any atom is -0.241 e. The molecule has 0 aliphatic rings. The van der Waals surface area contributed by atoms with Gasteiger partial charge in [0.2, 0.25) is 0 Å². The summed E-state index contributed by atoms with van der Waals surface area (Å²) in [6.07, 6.45) is 0. The third-order valence-corrected chi connectivity index (χ3v) is 3.09. The summed E-state index contributed by atoms with van der Waals surface area (Å²) in [5, 5.41) is 11.4. The summed E-state index contributed by atoms with van der Waals surface area (Å²) >= 11 is 1.68. The molecule has 1 aromatic carbocycles. The van der Waals surface area contributed by atoms with E-state index in [9.17, 15) is 0 Å². The quantitative estimate of drug-likeness (QED) is 0.737. The summed E-state index contributed by atoms with van der Waals surface area (Å²) in [5.74, 6) is 0. The molecule has 0 unspecified atom stereocenters. The van der Waals surface area contributed by atoms with E-state index in [1.54, 1.807) is 11.8 Å². The van der Waals surface area contributed by atoms with Crippen LogP contribution < -0.4 is 0 Å². The van der Waals surface area contributed by atoms with Gasteiger partial charge >= 0.3 is 0 Å². The fourth-order valence-corrected chi connectivity index (χ4v) is 2.37. The highest BCUT2D eigenvalue weighted by Gasteiger charge is 2.06. The maximum atomic E-state index is 9.11. The molecule has 2 nitrogen and oxygen atoms in total. The van der Waals surface area contributed by atoms with Crippen molar-refractivity contribution < 1.29 is 0 Å². The molecule has 1 heterocycles. The topological polar surface area (TPSA) is 36.7 Å². The van der Waals surface area contributed by atoms with Gasteiger partial charge in [-0.05, 0) is 12.1 Å². The summed E-state index contributed by atoms with van der Waals surface area (Å²) in [6, 6.07) is 11.9. The molecule has 1 aromatic heterocycles. The molecule has 0 fully saturated rings. The van der Waals surface area contributed by atoms with Gasteiger partial charge in [-0.2, -0.15) is 5.26 Å². The second-order valence-electron chi connectivity index (χ2n) is 3.80. The minimum atomic E-state index is 0.472. The Kier molecular flexibility index (Phi) is 3.12. The van der Waals surface area contributed by atoms with E-state index in [1.165, 1.54) is 0 Å². The Balaban J connectivity index is 2.60. The lowest BCUT2D eigenvalue weighted by atomic mass is 10.1. The van der Waals surface area contributed by atoms with Crippen molar-refractivity contribution in [3.63, 3.8) is 0 Å². The largest absolute Gasteiger partial charge is 0.241 e. The molecular weight excluding hydrogens is 216 g/mol. The molecule has 0 aliphatic carbocycles.